The molecule has 0 aromatic carbocycles. The molecule has 2 rings (SSSR count). The summed E-state index contributed by atoms with van der Waals surface area (Å²) in [6, 6.07) is 0.376. The number of thioether (sulfide) groups is 1. The van der Waals surface area contributed by atoms with Crippen LogP contribution in [-0.4, -0.2) is 65.1 Å². The standard InChI is InChI=1S/C15H26N4O2S2/c1-11(2)8-13(19-4-6-21-7-5-19)9-16-14(20)12(3)23-15-18-17-10-22-15/h10-13H,4-9H2,1-3H3,(H,16,20)/t12-,13+/m1/s1. The predicted molar refractivity (Wildman–Crippen MR) is 93.9 cm³/mol. The van der Waals surface area contributed by atoms with Gasteiger partial charge in [0, 0.05) is 25.7 Å². The van der Waals surface area contributed by atoms with Gasteiger partial charge in [0.05, 0.1) is 18.5 Å². The zero-order valence-corrected chi connectivity index (χ0v) is 15.7. The fourth-order valence-electron chi connectivity index (χ4n) is 2.63. The van der Waals surface area contributed by atoms with Gasteiger partial charge in [0.15, 0.2) is 4.34 Å². The number of amides is 1. The Balaban J connectivity index is 1.82. The Hall–Kier alpha value is -0.700. The minimum Gasteiger partial charge on any atom is -0.379 e. The van der Waals surface area contributed by atoms with E-state index in [1.807, 2.05) is 6.92 Å². The van der Waals surface area contributed by atoms with Gasteiger partial charge in [0.25, 0.3) is 0 Å². The van der Waals surface area contributed by atoms with Crippen molar-refractivity contribution in [3.8, 4) is 0 Å². The van der Waals surface area contributed by atoms with E-state index < -0.39 is 0 Å². The Morgan fingerprint density at radius 3 is 2.78 bits per heavy atom. The van der Waals surface area contributed by atoms with E-state index in [1.54, 1.807) is 5.51 Å². The summed E-state index contributed by atoms with van der Waals surface area (Å²) in [4.78, 5) is 14.8. The van der Waals surface area contributed by atoms with Crippen molar-refractivity contribution in [1.29, 1.82) is 0 Å². The third-order valence-corrected chi connectivity index (χ3v) is 5.72. The lowest BCUT2D eigenvalue weighted by atomic mass is 10.0. The fraction of sp³-hybridized carbons (Fsp3) is 0.800. The molecule has 1 aliphatic rings. The molecule has 8 heteroatoms. The van der Waals surface area contributed by atoms with Crippen LogP contribution in [0.3, 0.4) is 0 Å². The summed E-state index contributed by atoms with van der Waals surface area (Å²) in [6.07, 6.45) is 1.08. The summed E-state index contributed by atoms with van der Waals surface area (Å²) in [5, 5.41) is 10.7. The molecular weight excluding hydrogens is 332 g/mol. The second-order valence-electron chi connectivity index (χ2n) is 6.14. The molecule has 2 heterocycles. The molecule has 0 saturated carbocycles. The molecule has 6 nitrogen and oxygen atoms in total. The Morgan fingerprint density at radius 2 is 2.17 bits per heavy atom. The molecule has 0 aliphatic carbocycles. The zero-order chi connectivity index (χ0) is 16.7. The van der Waals surface area contributed by atoms with Gasteiger partial charge < -0.3 is 10.1 Å². The first-order chi connectivity index (χ1) is 11.1. The van der Waals surface area contributed by atoms with E-state index in [4.69, 9.17) is 4.74 Å². The molecule has 0 radical (unpaired) electrons. The second kappa shape index (κ2) is 9.56. The van der Waals surface area contributed by atoms with Crippen LogP contribution in [0.15, 0.2) is 9.85 Å². The van der Waals surface area contributed by atoms with E-state index in [-0.39, 0.29) is 11.2 Å². The van der Waals surface area contributed by atoms with Crippen molar-refractivity contribution in [1.82, 2.24) is 20.4 Å². The van der Waals surface area contributed by atoms with Crippen LogP contribution < -0.4 is 5.32 Å². The summed E-state index contributed by atoms with van der Waals surface area (Å²) < 4.78 is 6.27. The molecule has 1 aromatic heterocycles. The number of nitrogens with zero attached hydrogens (tertiary/aromatic N) is 3. The van der Waals surface area contributed by atoms with Gasteiger partial charge in [-0.1, -0.05) is 36.9 Å². The van der Waals surface area contributed by atoms with E-state index in [1.165, 1.54) is 23.1 Å². The van der Waals surface area contributed by atoms with Crippen molar-refractivity contribution in [3.63, 3.8) is 0 Å². The van der Waals surface area contributed by atoms with Crippen molar-refractivity contribution in [2.45, 2.75) is 42.8 Å². The van der Waals surface area contributed by atoms with Gasteiger partial charge in [0.2, 0.25) is 5.91 Å². The number of morpholine rings is 1. The molecule has 0 spiro atoms. The smallest absolute Gasteiger partial charge is 0.233 e. The average Bonchev–Trinajstić information content (AvgIpc) is 3.04. The number of nitrogens with one attached hydrogen (secondary N) is 1. The minimum absolute atomic E-state index is 0.0622. The van der Waals surface area contributed by atoms with E-state index in [9.17, 15) is 4.79 Å². The summed E-state index contributed by atoms with van der Waals surface area (Å²) in [7, 11) is 0. The monoisotopic (exact) mass is 358 g/mol. The van der Waals surface area contributed by atoms with Crippen molar-refractivity contribution >= 4 is 29.0 Å². The highest BCUT2D eigenvalue weighted by atomic mass is 32.2. The molecule has 2 atom stereocenters. The van der Waals surface area contributed by atoms with Crippen LogP contribution in [0.5, 0.6) is 0 Å². The van der Waals surface area contributed by atoms with Crippen molar-refractivity contribution < 1.29 is 9.53 Å². The van der Waals surface area contributed by atoms with Crippen LogP contribution in [0.1, 0.15) is 27.2 Å². The fourth-order valence-corrected chi connectivity index (χ4v) is 4.28. The lowest BCUT2D eigenvalue weighted by Gasteiger charge is -2.35. The first-order valence-electron chi connectivity index (χ1n) is 8.08. The van der Waals surface area contributed by atoms with E-state index in [2.05, 4.69) is 34.3 Å². The number of hydrogen-bond acceptors (Lipinski definition) is 7. The topological polar surface area (TPSA) is 67.4 Å². The lowest BCUT2D eigenvalue weighted by molar-refractivity contribution is -0.120. The van der Waals surface area contributed by atoms with Crippen LogP contribution in [-0.2, 0) is 9.53 Å². The number of rotatable bonds is 8. The summed E-state index contributed by atoms with van der Waals surface area (Å²) >= 11 is 2.92. The second-order valence-corrected chi connectivity index (χ2v) is 8.56. The van der Waals surface area contributed by atoms with E-state index in [0.717, 1.165) is 37.1 Å². The normalized spacial score (nSPS) is 18.8. The van der Waals surface area contributed by atoms with Crippen LogP contribution >= 0.6 is 23.1 Å². The molecule has 1 amide bonds. The van der Waals surface area contributed by atoms with Crippen LogP contribution in [0, 0.1) is 5.92 Å². The number of hydrogen-bond donors (Lipinski definition) is 1. The van der Waals surface area contributed by atoms with Gasteiger partial charge in [-0.2, -0.15) is 0 Å². The molecular formula is C15H26N4O2S2. The third-order valence-electron chi connectivity index (χ3n) is 3.80. The summed E-state index contributed by atoms with van der Waals surface area (Å²) in [5.74, 6) is 0.667. The van der Waals surface area contributed by atoms with Crippen LogP contribution in [0.25, 0.3) is 0 Å². The van der Waals surface area contributed by atoms with Gasteiger partial charge in [-0.15, -0.1) is 10.2 Å². The lowest BCUT2D eigenvalue weighted by Crippen LogP contribution is -2.50. The molecule has 130 valence electrons. The summed E-state index contributed by atoms with van der Waals surface area (Å²) in [5.41, 5.74) is 1.68. The Kier molecular flexibility index (Phi) is 7.75. The average molecular weight is 359 g/mol. The molecule has 1 saturated heterocycles. The van der Waals surface area contributed by atoms with Crippen LogP contribution in [0.2, 0.25) is 0 Å². The molecule has 1 aliphatic heterocycles. The Bertz CT molecular complexity index is 464. The SMILES string of the molecule is CC(C)C[C@@H](CNC(=O)[C@@H](C)Sc1nncs1)N1CCOCC1. The first kappa shape index (κ1) is 18.6. The Morgan fingerprint density at radius 1 is 1.43 bits per heavy atom. The number of ether oxygens (including phenoxy) is 1. The van der Waals surface area contributed by atoms with Gasteiger partial charge in [0.1, 0.15) is 5.51 Å². The largest absolute Gasteiger partial charge is 0.379 e. The van der Waals surface area contributed by atoms with Crippen LogP contribution in [0.4, 0.5) is 0 Å². The highest BCUT2D eigenvalue weighted by Crippen LogP contribution is 2.24. The number of aromatic nitrogens is 2. The van der Waals surface area contributed by atoms with E-state index >= 15 is 0 Å². The quantitative estimate of drug-likeness (QED) is 0.716. The van der Waals surface area contributed by atoms with Gasteiger partial charge in [-0.05, 0) is 19.3 Å². The molecule has 0 unspecified atom stereocenters. The summed E-state index contributed by atoms with van der Waals surface area (Å²) in [6.45, 7) is 10.5. The Labute approximate surface area is 146 Å². The van der Waals surface area contributed by atoms with Gasteiger partial charge in [-0.25, -0.2) is 0 Å². The zero-order valence-electron chi connectivity index (χ0n) is 14.0. The maximum absolute atomic E-state index is 12.3. The van der Waals surface area contributed by atoms with Crippen molar-refractivity contribution in [3.05, 3.63) is 5.51 Å². The van der Waals surface area contributed by atoms with E-state index in [0.29, 0.717) is 18.5 Å². The predicted octanol–water partition coefficient (Wildman–Crippen LogP) is 1.88. The maximum atomic E-state index is 12.3. The number of carbonyl (C=O) groups is 1. The molecule has 1 aromatic rings. The third kappa shape index (κ3) is 6.37. The highest BCUT2D eigenvalue weighted by molar-refractivity contribution is 8.02. The molecule has 1 N–H and O–H groups in total. The highest BCUT2D eigenvalue weighted by Gasteiger charge is 2.24. The van der Waals surface area contributed by atoms with Crippen molar-refractivity contribution in [2.24, 2.45) is 5.92 Å². The number of carbonyl (C=O) groups excluding carboxylic acids is 1. The first-order valence-corrected chi connectivity index (χ1v) is 9.84. The molecule has 0 bridgehead atoms. The molecule has 1 fully saturated rings. The maximum Gasteiger partial charge on any atom is 0.233 e. The van der Waals surface area contributed by atoms with Gasteiger partial charge >= 0.3 is 0 Å². The minimum atomic E-state index is -0.160. The molecule has 23 heavy (non-hydrogen) atoms. The van der Waals surface area contributed by atoms with Crippen molar-refractivity contribution in [2.75, 3.05) is 32.8 Å². The van der Waals surface area contributed by atoms with Gasteiger partial charge in [-0.3, -0.25) is 9.69 Å².